The summed E-state index contributed by atoms with van der Waals surface area (Å²) in [6.07, 6.45) is 4.28. The quantitative estimate of drug-likeness (QED) is 0.727. The van der Waals surface area contributed by atoms with Gasteiger partial charge in [-0.1, -0.05) is 25.8 Å². The first-order valence-corrected chi connectivity index (χ1v) is 9.43. The van der Waals surface area contributed by atoms with Gasteiger partial charge in [0.25, 0.3) is 0 Å². The van der Waals surface area contributed by atoms with Crippen LogP contribution < -0.4 is 10.1 Å². The predicted octanol–water partition coefficient (Wildman–Crippen LogP) is 4.71. The second-order valence-electron chi connectivity index (χ2n) is 8.51. The molecule has 0 aromatic heterocycles. The predicted molar refractivity (Wildman–Crippen MR) is 104 cm³/mol. The molecule has 1 saturated carbocycles. The molecule has 6 nitrogen and oxygen atoms in total. The maximum absolute atomic E-state index is 12.2. The van der Waals surface area contributed by atoms with Crippen molar-refractivity contribution in [3.63, 3.8) is 0 Å². The molecule has 0 unspecified atom stereocenters. The molecule has 0 atom stereocenters. The molecule has 1 aliphatic carbocycles. The van der Waals surface area contributed by atoms with Crippen LogP contribution in [0.4, 0.5) is 10.5 Å². The van der Waals surface area contributed by atoms with E-state index in [9.17, 15) is 9.59 Å². The van der Waals surface area contributed by atoms with Gasteiger partial charge >= 0.3 is 12.1 Å². The van der Waals surface area contributed by atoms with Crippen molar-refractivity contribution in [1.82, 2.24) is 0 Å². The number of nitrogens with one attached hydrogen (secondary N) is 1. The van der Waals surface area contributed by atoms with Crippen LogP contribution in [0.5, 0.6) is 5.75 Å². The molecule has 1 aliphatic rings. The van der Waals surface area contributed by atoms with E-state index in [2.05, 4.69) is 12.2 Å². The molecule has 0 spiro atoms. The Balaban J connectivity index is 2.14. The molecule has 0 bridgehead atoms. The first-order chi connectivity index (χ1) is 12.6. The Bertz CT molecular complexity index is 672. The zero-order valence-corrected chi connectivity index (χ0v) is 17.0. The van der Waals surface area contributed by atoms with Crippen molar-refractivity contribution >= 4 is 17.7 Å². The number of carbonyl (C=O) groups is 2. The molecule has 0 saturated heterocycles. The Hall–Kier alpha value is -2.24. The van der Waals surface area contributed by atoms with Gasteiger partial charge in [0, 0.05) is 11.5 Å². The van der Waals surface area contributed by atoms with Gasteiger partial charge in [-0.2, -0.15) is 0 Å². The SMILES string of the molecule is COC(=O)Cc1ccc(OCC2(C)CCCC2)cc1NC(=O)OC(C)(C)C. The fraction of sp³-hybridized carbons (Fsp3) is 0.619. The minimum absolute atomic E-state index is 0.0552. The number of benzene rings is 1. The van der Waals surface area contributed by atoms with Gasteiger partial charge in [-0.05, 0) is 45.2 Å². The van der Waals surface area contributed by atoms with Crippen LogP contribution in [-0.4, -0.2) is 31.4 Å². The zero-order chi connectivity index (χ0) is 20.1. The molecule has 1 aromatic rings. The Morgan fingerprint density at radius 2 is 1.85 bits per heavy atom. The van der Waals surface area contributed by atoms with E-state index in [1.54, 1.807) is 32.9 Å². The number of methoxy groups -OCH3 is 1. The standard InChI is InChI=1S/C21H31NO5/c1-20(2,3)27-19(24)22-17-13-16(9-8-15(17)12-18(23)25-5)26-14-21(4)10-6-7-11-21/h8-9,13H,6-7,10-12,14H2,1-5H3,(H,22,24). The average Bonchev–Trinajstić information content (AvgIpc) is 3.00. The minimum atomic E-state index is -0.613. The molecule has 1 aromatic carbocycles. The van der Waals surface area contributed by atoms with E-state index in [1.807, 2.05) is 6.07 Å². The van der Waals surface area contributed by atoms with Crippen molar-refractivity contribution in [3.05, 3.63) is 23.8 Å². The highest BCUT2D eigenvalue weighted by atomic mass is 16.6. The Kier molecular flexibility index (Phi) is 6.73. The Morgan fingerprint density at radius 3 is 2.44 bits per heavy atom. The van der Waals surface area contributed by atoms with Crippen LogP contribution in [-0.2, 0) is 20.7 Å². The largest absolute Gasteiger partial charge is 0.493 e. The minimum Gasteiger partial charge on any atom is -0.493 e. The highest BCUT2D eigenvalue weighted by Crippen LogP contribution is 2.38. The molecule has 0 aliphatic heterocycles. The van der Waals surface area contributed by atoms with Crippen LogP contribution in [0.3, 0.4) is 0 Å². The van der Waals surface area contributed by atoms with E-state index in [0.29, 0.717) is 23.6 Å². The number of hydrogen-bond acceptors (Lipinski definition) is 5. The Labute approximate surface area is 161 Å². The van der Waals surface area contributed by atoms with Crippen molar-refractivity contribution in [3.8, 4) is 5.75 Å². The van der Waals surface area contributed by atoms with Gasteiger partial charge in [0.2, 0.25) is 0 Å². The number of anilines is 1. The monoisotopic (exact) mass is 377 g/mol. The maximum Gasteiger partial charge on any atom is 0.412 e. The third-order valence-electron chi connectivity index (χ3n) is 4.68. The number of hydrogen-bond donors (Lipinski definition) is 1. The number of carbonyl (C=O) groups excluding carboxylic acids is 2. The number of amides is 1. The van der Waals surface area contributed by atoms with Crippen LogP contribution >= 0.6 is 0 Å². The second kappa shape index (κ2) is 8.63. The van der Waals surface area contributed by atoms with Gasteiger partial charge in [0.1, 0.15) is 11.4 Å². The maximum atomic E-state index is 12.2. The van der Waals surface area contributed by atoms with Crippen LogP contribution in [0.2, 0.25) is 0 Å². The van der Waals surface area contributed by atoms with E-state index in [0.717, 1.165) is 12.8 Å². The number of ether oxygens (including phenoxy) is 3. The summed E-state index contributed by atoms with van der Waals surface area (Å²) in [6, 6.07) is 5.33. The highest BCUT2D eigenvalue weighted by Gasteiger charge is 2.29. The van der Waals surface area contributed by atoms with Crippen molar-refractivity contribution in [2.45, 2.75) is 65.4 Å². The van der Waals surface area contributed by atoms with Gasteiger partial charge in [-0.15, -0.1) is 0 Å². The molecule has 0 heterocycles. The van der Waals surface area contributed by atoms with Crippen molar-refractivity contribution in [2.75, 3.05) is 19.0 Å². The lowest BCUT2D eigenvalue weighted by Gasteiger charge is -2.24. The van der Waals surface area contributed by atoms with E-state index < -0.39 is 11.7 Å². The van der Waals surface area contributed by atoms with Gasteiger partial charge in [0.15, 0.2) is 0 Å². The smallest absolute Gasteiger partial charge is 0.412 e. The summed E-state index contributed by atoms with van der Waals surface area (Å²) in [4.78, 5) is 23.9. The topological polar surface area (TPSA) is 73.9 Å². The molecule has 27 heavy (non-hydrogen) atoms. The number of rotatable bonds is 6. The van der Waals surface area contributed by atoms with Gasteiger partial charge < -0.3 is 14.2 Å². The lowest BCUT2D eigenvalue weighted by molar-refractivity contribution is -0.139. The summed E-state index contributed by atoms with van der Waals surface area (Å²) in [5.41, 5.74) is 0.720. The van der Waals surface area contributed by atoms with Crippen LogP contribution in [0.15, 0.2) is 18.2 Å². The molecule has 1 amide bonds. The highest BCUT2D eigenvalue weighted by molar-refractivity contribution is 5.87. The van der Waals surface area contributed by atoms with Gasteiger partial charge in [-0.3, -0.25) is 10.1 Å². The average molecular weight is 377 g/mol. The van der Waals surface area contributed by atoms with E-state index in [4.69, 9.17) is 14.2 Å². The van der Waals surface area contributed by atoms with Gasteiger partial charge in [0.05, 0.1) is 25.8 Å². The van der Waals surface area contributed by atoms with E-state index in [-0.39, 0.29) is 17.8 Å². The lowest BCUT2D eigenvalue weighted by atomic mass is 9.90. The first kappa shape index (κ1) is 21.1. The zero-order valence-electron chi connectivity index (χ0n) is 17.0. The summed E-state index contributed by atoms with van der Waals surface area (Å²) < 4.78 is 16.1. The summed E-state index contributed by atoms with van der Waals surface area (Å²) in [5.74, 6) is 0.275. The normalized spacial score (nSPS) is 15.9. The molecule has 2 rings (SSSR count). The summed E-state index contributed by atoms with van der Waals surface area (Å²) in [7, 11) is 1.34. The van der Waals surface area contributed by atoms with Crippen LogP contribution in [0.25, 0.3) is 0 Å². The fourth-order valence-electron chi connectivity index (χ4n) is 3.19. The third kappa shape index (κ3) is 6.77. The fourth-order valence-corrected chi connectivity index (χ4v) is 3.19. The van der Waals surface area contributed by atoms with Crippen molar-refractivity contribution in [2.24, 2.45) is 5.41 Å². The summed E-state index contributed by atoms with van der Waals surface area (Å²) in [6.45, 7) is 8.26. The molecular weight excluding hydrogens is 346 g/mol. The second-order valence-corrected chi connectivity index (χ2v) is 8.51. The third-order valence-corrected chi connectivity index (χ3v) is 4.68. The molecular formula is C21H31NO5. The summed E-state index contributed by atoms with van der Waals surface area (Å²) >= 11 is 0. The molecule has 1 N–H and O–H groups in total. The van der Waals surface area contributed by atoms with Crippen molar-refractivity contribution in [1.29, 1.82) is 0 Å². The molecule has 0 radical (unpaired) electrons. The van der Waals surface area contributed by atoms with Gasteiger partial charge in [-0.25, -0.2) is 4.79 Å². The van der Waals surface area contributed by atoms with Crippen molar-refractivity contribution < 1.29 is 23.8 Å². The molecule has 150 valence electrons. The first-order valence-electron chi connectivity index (χ1n) is 9.43. The lowest BCUT2D eigenvalue weighted by Crippen LogP contribution is -2.27. The molecule has 1 fully saturated rings. The number of esters is 1. The van der Waals surface area contributed by atoms with Crippen LogP contribution in [0, 0.1) is 5.41 Å². The van der Waals surface area contributed by atoms with E-state index >= 15 is 0 Å². The van der Waals surface area contributed by atoms with Crippen LogP contribution in [0.1, 0.15) is 58.9 Å². The summed E-state index contributed by atoms with van der Waals surface area (Å²) in [5, 5.41) is 2.73. The molecule has 6 heteroatoms. The van der Waals surface area contributed by atoms with E-state index in [1.165, 1.54) is 20.0 Å². The Morgan fingerprint density at radius 1 is 1.19 bits per heavy atom.